The van der Waals surface area contributed by atoms with Crippen molar-refractivity contribution in [2.75, 3.05) is 26.3 Å². The minimum Gasteiger partial charge on any atom is -0.744 e. The maximum Gasteiger partial charge on any atom is 1.00 e. The number of aliphatic carboxylic acids is 1. The second-order valence-corrected chi connectivity index (χ2v) is 19.9. The van der Waals surface area contributed by atoms with Crippen molar-refractivity contribution < 1.29 is 185 Å². The number of halogens is 2. The summed E-state index contributed by atoms with van der Waals surface area (Å²) in [4.78, 5) is 46.8. The fourth-order valence-electron chi connectivity index (χ4n) is 5.88. The standard InChI is InChI=1S/C35H26Cl2N14O15S4.4Na/c1-15-23(41-35-45-31(37)43-33(47-35)39-17-4-9-20(10-5-17)68(58,59)60)13-21(69(61,62)63)14-24(15)51-28(52)26(27(50-51)29(53)54)49-48-22-11-6-18(12-25(22)70(64,65)66)40-34-44-30(36)42-32(46-34)38-16-2-7-19(8-3-16)67(55,56)57;;;;/h2-14,26H,1H3,(H,53,54)(H,55,56,57)(H,58,59,60)(H,61,62,63)(H,64,65,66)(H2,38,40,42,44,46)(H2,39,41,43,45,47);;;;/q;4*+1/p-4. The number of rotatable bonds is 16. The van der Waals surface area contributed by atoms with Crippen LogP contribution in [0.1, 0.15) is 5.56 Å². The Bertz CT molecular complexity index is 3690. The molecule has 1 unspecified atom stereocenters. The van der Waals surface area contributed by atoms with Crippen molar-refractivity contribution in [1.82, 2.24) is 29.9 Å². The SMILES string of the molecule is Cc1c(Nc2nc(Cl)nc(Nc3ccc(S(=O)(=O)O)cc3)n2)cc(S(=O)(=O)[O-])cc1N1N=C(C(=O)[O-])C(N=Nc2ccc(Nc3nc(Cl)nc(Nc4ccc(S(=O)(=O)[O-])cc4)n3)cc2S(=O)(=O)[O-])C1=O.[Na+].[Na+].[Na+].[Na+]. The smallest absolute Gasteiger partial charge is 0.744 e. The third-order valence-corrected chi connectivity index (χ3v) is 12.8. The van der Waals surface area contributed by atoms with Gasteiger partial charge in [0.05, 0.1) is 31.2 Å². The van der Waals surface area contributed by atoms with Crippen LogP contribution < -0.4 is 150 Å². The number of carbonyl (C=O) groups is 2. The first-order valence-electron chi connectivity index (χ1n) is 18.4. The zero-order valence-corrected chi connectivity index (χ0v) is 50.9. The van der Waals surface area contributed by atoms with Gasteiger partial charge in [-0.1, -0.05) is 0 Å². The number of hydrazone groups is 1. The molecule has 4 aromatic carbocycles. The molecule has 0 spiro atoms. The Kier molecular flexibility index (Phi) is 22.6. The van der Waals surface area contributed by atoms with Gasteiger partial charge < -0.3 is 44.8 Å². The maximum atomic E-state index is 13.9. The third-order valence-electron chi connectivity index (χ3n) is 9.03. The van der Waals surface area contributed by atoms with Gasteiger partial charge in [-0.05, 0) is 115 Å². The van der Waals surface area contributed by atoms with Crippen LogP contribution in [0.25, 0.3) is 0 Å². The van der Waals surface area contributed by atoms with Gasteiger partial charge in [-0.25, -0.2) is 25.3 Å². The van der Waals surface area contributed by atoms with E-state index in [1.807, 2.05) is 0 Å². The van der Waals surface area contributed by atoms with Gasteiger partial charge in [-0.15, -0.1) is 0 Å². The Morgan fingerprint density at radius 3 is 1.51 bits per heavy atom. The number of aromatic nitrogens is 6. The average molecular weight is 1170 g/mol. The van der Waals surface area contributed by atoms with Crippen LogP contribution in [0.2, 0.25) is 10.6 Å². The van der Waals surface area contributed by atoms with Gasteiger partial charge in [0.2, 0.25) is 34.4 Å². The summed E-state index contributed by atoms with van der Waals surface area (Å²) in [5.41, 5.74) is -2.59. The molecule has 3 heterocycles. The topological polar surface area (TPSA) is 449 Å². The van der Waals surface area contributed by atoms with E-state index < -0.39 is 112 Å². The Balaban J connectivity index is 0.00000361. The summed E-state index contributed by atoms with van der Waals surface area (Å²) < 4.78 is 140. The quantitative estimate of drug-likeness (QED) is 0.0341. The number of benzene rings is 4. The van der Waals surface area contributed by atoms with Crippen molar-refractivity contribution in [3.63, 3.8) is 0 Å². The minimum atomic E-state index is -5.45. The summed E-state index contributed by atoms with van der Waals surface area (Å²) in [6.45, 7) is 1.27. The number of carbonyl (C=O) groups excluding carboxylic acids is 2. The normalized spacial score (nSPS) is 13.6. The number of carboxylic acids is 1. The summed E-state index contributed by atoms with van der Waals surface area (Å²) in [6, 6.07) is 11.1. The van der Waals surface area contributed by atoms with Gasteiger partial charge in [0.25, 0.3) is 16.0 Å². The number of carboxylic acid groups (broad SMARTS) is 1. The molecule has 1 aliphatic rings. The number of azo groups is 1. The van der Waals surface area contributed by atoms with E-state index in [-0.39, 0.29) is 164 Å². The molecule has 0 radical (unpaired) electrons. The second-order valence-electron chi connectivity index (χ2n) is 13.7. The number of nitrogens with zero attached hydrogens (tertiary/aromatic N) is 10. The van der Waals surface area contributed by atoms with Gasteiger partial charge in [0.1, 0.15) is 41.8 Å². The number of hydrogen-bond acceptors (Lipinski definition) is 27. The first-order chi connectivity index (χ1) is 32.6. The largest absolute Gasteiger partial charge is 1.00 e. The number of amides is 1. The number of nitrogens with one attached hydrogen (secondary N) is 4. The molecule has 2 aromatic heterocycles. The van der Waals surface area contributed by atoms with Crippen LogP contribution in [-0.4, -0.2) is 105 Å². The molecule has 0 saturated carbocycles. The molecule has 74 heavy (non-hydrogen) atoms. The summed E-state index contributed by atoms with van der Waals surface area (Å²) in [5.74, 6) is -4.70. The molecule has 0 saturated heterocycles. The van der Waals surface area contributed by atoms with Gasteiger partial charge in [0.15, 0.2) is 6.04 Å². The molecule has 6 aromatic rings. The predicted molar refractivity (Wildman–Crippen MR) is 235 cm³/mol. The minimum absolute atomic E-state index is 0. The van der Waals surface area contributed by atoms with Crippen LogP contribution in [-0.2, 0) is 50.1 Å². The van der Waals surface area contributed by atoms with Crippen molar-refractivity contribution in [2.45, 2.75) is 32.5 Å². The molecule has 1 atom stereocenters. The van der Waals surface area contributed by atoms with Gasteiger partial charge in [0, 0.05) is 22.7 Å². The van der Waals surface area contributed by atoms with Crippen LogP contribution in [0.3, 0.4) is 0 Å². The van der Waals surface area contributed by atoms with E-state index in [0.29, 0.717) is 11.1 Å². The molecule has 0 aliphatic carbocycles. The van der Waals surface area contributed by atoms with E-state index in [2.05, 4.69) is 66.5 Å². The van der Waals surface area contributed by atoms with E-state index in [0.717, 1.165) is 48.5 Å². The van der Waals surface area contributed by atoms with E-state index in [1.165, 1.54) is 31.2 Å². The van der Waals surface area contributed by atoms with Crippen molar-refractivity contribution in [3.8, 4) is 0 Å². The molecule has 29 nitrogen and oxygen atoms in total. The van der Waals surface area contributed by atoms with E-state index >= 15 is 0 Å². The average Bonchev–Trinajstić information content (AvgIpc) is 3.58. The fraction of sp³-hybridized carbons (Fsp3) is 0.0571. The second kappa shape index (κ2) is 25.8. The van der Waals surface area contributed by atoms with Gasteiger partial charge in [-0.2, -0.15) is 58.7 Å². The molecular weight excluding hydrogens is 1150 g/mol. The summed E-state index contributed by atoms with van der Waals surface area (Å²) in [6.07, 6.45) is 0. The molecule has 7 rings (SSSR count). The zero-order valence-electron chi connectivity index (χ0n) is 38.1. The molecule has 1 aliphatic heterocycles. The Labute approximate surface area is 516 Å². The van der Waals surface area contributed by atoms with Crippen molar-refractivity contribution in [3.05, 3.63) is 95.0 Å². The molecule has 0 bridgehead atoms. The number of hydrogen-bond donors (Lipinski definition) is 5. The van der Waals surface area contributed by atoms with Crippen LogP contribution >= 0.6 is 23.2 Å². The van der Waals surface area contributed by atoms with Crippen LogP contribution in [0.15, 0.2) is 114 Å². The first kappa shape index (κ1) is 64.8. The number of anilines is 9. The Morgan fingerprint density at radius 1 is 0.622 bits per heavy atom. The Hall–Kier alpha value is -3.47. The van der Waals surface area contributed by atoms with E-state index in [9.17, 15) is 66.6 Å². The monoisotopic (exact) mass is 1170 g/mol. The van der Waals surface area contributed by atoms with E-state index in [4.69, 9.17) is 23.2 Å². The molecule has 0 fully saturated rings. The summed E-state index contributed by atoms with van der Waals surface area (Å²) >= 11 is 12.1. The summed E-state index contributed by atoms with van der Waals surface area (Å²) in [5, 5.41) is 33.4. The Morgan fingerprint density at radius 2 is 1.07 bits per heavy atom. The maximum absolute atomic E-state index is 13.9. The molecule has 39 heteroatoms. The van der Waals surface area contributed by atoms with Gasteiger partial charge >= 0.3 is 118 Å². The van der Waals surface area contributed by atoms with Crippen LogP contribution in [0.5, 0.6) is 0 Å². The first-order valence-corrected chi connectivity index (χ1v) is 24.8. The molecular formula is C35H22Cl2N14Na4O15S4. The molecule has 1 amide bonds. The van der Waals surface area contributed by atoms with Crippen LogP contribution in [0.4, 0.5) is 57.9 Å². The van der Waals surface area contributed by atoms with Crippen molar-refractivity contribution in [2.24, 2.45) is 15.3 Å². The van der Waals surface area contributed by atoms with Crippen molar-refractivity contribution in [1.29, 1.82) is 0 Å². The zero-order chi connectivity index (χ0) is 51.1. The van der Waals surface area contributed by atoms with Gasteiger partial charge in [-0.3, -0.25) is 9.35 Å². The van der Waals surface area contributed by atoms with Crippen molar-refractivity contribution >= 4 is 139 Å². The van der Waals surface area contributed by atoms with Crippen LogP contribution in [0, 0.1) is 6.92 Å². The predicted octanol–water partition coefficient (Wildman–Crippen LogP) is -9.77. The van der Waals surface area contributed by atoms with E-state index in [1.54, 1.807) is 0 Å². The summed E-state index contributed by atoms with van der Waals surface area (Å²) in [7, 11) is -20.1. The fourth-order valence-corrected chi connectivity index (χ4v) is 8.31. The molecule has 364 valence electrons. The molecule has 5 N–H and O–H groups in total. The third kappa shape index (κ3) is 16.3.